The molecule has 0 N–H and O–H groups in total. The van der Waals surface area contributed by atoms with Crippen LogP contribution >= 0.6 is 0 Å². The third kappa shape index (κ3) is 1.82. The number of hydrogen-bond donors (Lipinski definition) is 0. The van der Waals surface area contributed by atoms with E-state index in [1.165, 1.54) is 35.1 Å². The van der Waals surface area contributed by atoms with Gasteiger partial charge in [0.2, 0.25) is 0 Å². The zero-order valence-corrected chi connectivity index (χ0v) is 8.43. The maximum Gasteiger partial charge on any atom is -0.0161 e. The van der Waals surface area contributed by atoms with Gasteiger partial charge in [0.15, 0.2) is 0 Å². The van der Waals surface area contributed by atoms with Crippen LogP contribution in [0.5, 0.6) is 0 Å². The zero-order valence-electron chi connectivity index (χ0n) is 8.43. The third-order valence-electron chi connectivity index (χ3n) is 2.66. The average molecular weight is 172 g/mol. The van der Waals surface area contributed by atoms with Gasteiger partial charge in [-0.15, -0.1) is 0 Å². The summed E-state index contributed by atoms with van der Waals surface area (Å²) in [5, 5.41) is 0. The Morgan fingerprint density at radius 3 is 2.15 bits per heavy atom. The van der Waals surface area contributed by atoms with Crippen LogP contribution in [-0.4, -0.2) is 0 Å². The van der Waals surface area contributed by atoms with Crippen molar-refractivity contribution in [2.45, 2.75) is 26.7 Å². The lowest BCUT2D eigenvalue weighted by Crippen LogP contribution is -1.87. The van der Waals surface area contributed by atoms with Crippen molar-refractivity contribution < 1.29 is 0 Å². The number of rotatable bonds is 2. The van der Waals surface area contributed by atoms with E-state index in [1.54, 1.807) is 0 Å². The van der Waals surface area contributed by atoms with Crippen LogP contribution in [0.2, 0.25) is 0 Å². The molecule has 0 heterocycles. The minimum Gasteiger partial charge on any atom is -0.0950 e. The van der Waals surface area contributed by atoms with E-state index in [0.29, 0.717) is 0 Å². The lowest BCUT2D eigenvalue weighted by atomic mass is 9.99. The lowest BCUT2D eigenvalue weighted by molar-refractivity contribution is 1.15. The van der Waals surface area contributed by atoms with Gasteiger partial charge in [0, 0.05) is 0 Å². The highest BCUT2D eigenvalue weighted by atomic mass is 14.3. The first kappa shape index (κ1) is 8.55. The molecule has 0 spiro atoms. The van der Waals surface area contributed by atoms with Crippen molar-refractivity contribution in [2.24, 2.45) is 5.92 Å². The van der Waals surface area contributed by atoms with Crippen molar-refractivity contribution in [1.29, 1.82) is 0 Å². The smallest absolute Gasteiger partial charge is 0.0161 e. The lowest BCUT2D eigenvalue weighted by Gasteiger charge is -2.06. The number of aryl methyl sites for hydroxylation is 2. The first-order chi connectivity index (χ1) is 6.16. The van der Waals surface area contributed by atoms with Crippen LogP contribution in [0.15, 0.2) is 24.8 Å². The highest BCUT2D eigenvalue weighted by Gasteiger charge is 2.25. The second-order valence-electron chi connectivity index (χ2n) is 4.18. The SMILES string of the molecule is C=C(c1cc(C)cc(C)c1)C1CC1. The van der Waals surface area contributed by atoms with Crippen LogP contribution in [0.1, 0.15) is 29.5 Å². The fraction of sp³-hybridized carbons (Fsp3) is 0.385. The Hall–Kier alpha value is -1.04. The highest BCUT2D eigenvalue weighted by Crippen LogP contribution is 2.40. The standard InChI is InChI=1S/C13H16/c1-9-6-10(2)8-13(7-9)11(3)12-4-5-12/h6-8,12H,3-5H2,1-2H3. The van der Waals surface area contributed by atoms with Gasteiger partial charge >= 0.3 is 0 Å². The van der Waals surface area contributed by atoms with Gasteiger partial charge in [0.05, 0.1) is 0 Å². The van der Waals surface area contributed by atoms with Gasteiger partial charge in [0.25, 0.3) is 0 Å². The van der Waals surface area contributed by atoms with Gasteiger partial charge in [-0.2, -0.15) is 0 Å². The molecule has 1 fully saturated rings. The molecule has 0 atom stereocenters. The van der Waals surface area contributed by atoms with Crippen molar-refractivity contribution in [1.82, 2.24) is 0 Å². The fourth-order valence-corrected chi connectivity index (χ4v) is 1.83. The van der Waals surface area contributed by atoms with E-state index >= 15 is 0 Å². The molecule has 0 aromatic heterocycles. The molecule has 0 bridgehead atoms. The van der Waals surface area contributed by atoms with Crippen molar-refractivity contribution >= 4 is 5.57 Å². The van der Waals surface area contributed by atoms with Crippen molar-refractivity contribution in [3.63, 3.8) is 0 Å². The number of hydrogen-bond acceptors (Lipinski definition) is 0. The Bertz CT molecular complexity index is 323. The normalized spacial score (nSPS) is 15.8. The average Bonchev–Trinajstić information content (AvgIpc) is 2.83. The van der Waals surface area contributed by atoms with Crippen LogP contribution in [0.25, 0.3) is 5.57 Å². The molecule has 1 aliphatic rings. The second kappa shape index (κ2) is 3.02. The molecule has 0 unspecified atom stereocenters. The molecule has 0 heteroatoms. The molecule has 1 aliphatic carbocycles. The molecule has 68 valence electrons. The van der Waals surface area contributed by atoms with Crippen LogP contribution in [0.4, 0.5) is 0 Å². The topological polar surface area (TPSA) is 0 Å². The number of benzene rings is 1. The molecule has 0 amide bonds. The molecule has 13 heavy (non-hydrogen) atoms. The summed E-state index contributed by atoms with van der Waals surface area (Å²) in [5.74, 6) is 0.779. The molecule has 0 radical (unpaired) electrons. The van der Waals surface area contributed by atoms with E-state index in [1.807, 2.05) is 0 Å². The number of allylic oxidation sites excluding steroid dienone is 1. The van der Waals surface area contributed by atoms with Gasteiger partial charge in [-0.05, 0) is 43.7 Å². The predicted molar refractivity (Wildman–Crippen MR) is 57.7 cm³/mol. The molecule has 1 aromatic rings. The summed E-state index contributed by atoms with van der Waals surface area (Å²) in [6.45, 7) is 8.47. The summed E-state index contributed by atoms with van der Waals surface area (Å²) in [6.07, 6.45) is 2.68. The zero-order chi connectivity index (χ0) is 9.42. The second-order valence-corrected chi connectivity index (χ2v) is 4.18. The maximum absolute atomic E-state index is 4.17. The largest absolute Gasteiger partial charge is 0.0950 e. The molecule has 0 saturated heterocycles. The van der Waals surface area contributed by atoms with Gasteiger partial charge in [0.1, 0.15) is 0 Å². The summed E-state index contributed by atoms with van der Waals surface area (Å²) < 4.78 is 0. The fourth-order valence-electron chi connectivity index (χ4n) is 1.83. The molecule has 2 rings (SSSR count). The minimum atomic E-state index is 0.779. The summed E-state index contributed by atoms with van der Waals surface area (Å²) in [5.41, 5.74) is 5.38. The molecular formula is C13H16. The van der Waals surface area contributed by atoms with Gasteiger partial charge in [-0.1, -0.05) is 35.9 Å². The Morgan fingerprint density at radius 1 is 1.15 bits per heavy atom. The Kier molecular flexibility index (Phi) is 1.99. The van der Waals surface area contributed by atoms with Crippen molar-refractivity contribution in [3.8, 4) is 0 Å². The van der Waals surface area contributed by atoms with Crippen LogP contribution < -0.4 is 0 Å². The van der Waals surface area contributed by atoms with Crippen molar-refractivity contribution in [3.05, 3.63) is 41.5 Å². The predicted octanol–water partition coefficient (Wildman–Crippen LogP) is 3.73. The van der Waals surface area contributed by atoms with E-state index in [9.17, 15) is 0 Å². The minimum absolute atomic E-state index is 0.779. The maximum atomic E-state index is 4.17. The first-order valence-corrected chi connectivity index (χ1v) is 4.94. The third-order valence-corrected chi connectivity index (χ3v) is 2.66. The molecule has 1 saturated carbocycles. The quantitative estimate of drug-likeness (QED) is 0.637. The van der Waals surface area contributed by atoms with E-state index < -0.39 is 0 Å². The molecular weight excluding hydrogens is 156 g/mol. The van der Waals surface area contributed by atoms with E-state index in [0.717, 1.165) is 5.92 Å². The van der Waals surface area contributed by atoms with Gasteiger partial charge in [-0.25, -0.2) is 0 Å². The van der Waals surface area contributed by atoms with Crippen molar-refractivity contribution in [2.75, 3.05) is 0 Å². The van der Waals surface area contributed by atoms with Crippen LogP contribution in [0, 0.1) is 19.8 Å². The Labute approximate surface area is 80.3 Å². The molecule has 1 aromatic carbocycles. The van der Waals surface area contributed by atoms with Crippen LogP contribution in [-0.2, 0) is 0 Å². The van der Waals surface area contributed by atoms with E-state index in [2.05, 4.69) is 38.6 Å². The monoisotopic (exact) mass is 172 g/mol. The van der Waals surface area contributed by atoms with E-state index in [-0.39, 0.29) is 0 Å². The first-order valence-electron chi connectivity index (χ1n) is 4.94. The summed E-state index contributed by atoms with van der Waals surface area (Å²) in [4.78, 5) is 0. The Balaban J connectivity index is 2.33. The van der Waals surface area contributed by atoms with Gasteiger partial charge < -0.3 is 0 Å². The summed E-state index contributed by atoms with van der Waals surface area (Å²) in [7, 11) is 0. The van der Waals surface area contributed by atoms with Crippen LogP contribution in [0.3, 0.4) is 0 Å². The summed E-state index contributed by atoms with van der Waals surface area (Å²) in [6, 6.07) is 6.70. The molecule has 0 aliphatic heterocycles. The summed E-state index contributed by atoms with van der Waals surface area (Å²) >= 11 is 0. The Morgan fingerprint density at radius 2 is 1.69 bits per heavy atom. The van der Waals surface area contributed by atoms with Gasteiger partial charge in [-0.3, -0.25) is 0 Å². The van der Waals surface area contributed by atoms with E-state index in [4.69, 9.17) is 0 Å². The molecule has 0 nitrogen and oxygen atoms in total. The highest BCUT2D eigenvalue weighted by molar-refractivity contribution is 5.68.